The summed E-state index contributed by atoms with van der Waals surface area (Å²) in [6.45, 7) is 5.97. The molecule has 238 valence electrons. The van der Waals surface area contributed by atoms with E-state index >= 15 is 4.39 Å². The molecule has 1 aliphatic heterocycles. The normalized spacial score (nSPS) is 25.6. The fourth-order valence-electron chi connectivity index (χ4n) is 5.54. The number of hydrogen-bond acceptors (Lipinski definition) is 11. The number of fused-ring (bicyclic) bond motifs is 1. The lowest BCUT2D eigenvalue weighted by Gasteiger charge is -2.27. The molecule has 5 atom stereocenters. The van der Waals surface area contributed by atoms with Crippen LogP contribution in [0.15, 0.2) is 36.7 Å². The first-order valence-corrected chi connectivity index (χ1v) is 16.6. The number of aromatic nitrogens is 4. The topological polar surface area (TPSA) is 156 Å². The van der Waals surface area contributed by atoms with E-state index in [1.165, 1.54) is 6.92 Å². The minimum absolute atomic E-state index is 0.0721. The average Bonchev–Trinajstić information content (AvgIpc) is 3.90. The number of anilines is 2. The first-order valence-electron chi connectivity index (χ1n) is 15.1. The molecule has 3 heterocycles. The summed E-state index contributed by atoms with van der Waals surface area (Å²) in [4.78, 5) is 28.4. The molecule has 0 amide bonds. The van der Waals surface area contributed by atoms with Crippen molar-refractivity contribution in [1.82, 2.24) is 24.6 Å². The van der Waals surface area contributed by atoms with E-state index in [0.29, 0.717) is 29.1 Å². The van der Waals surface area contributed by atoms with E-state index in [1.807, 2.05) is 6.92 Å². The van der Waals surface area contributed by atoms with Crippen LogP contribution in [0, 0.1) is 5.92 Å². The van der Waals surface area contributed by atoms with Crippen LogP contribution in [0.5, 0.6) is 5.75 Å². The lowest BCUT2D eigenvalue weighted by Crippen LogP contribution is -2.37. The quantitative estimate of drug-likeness (QED) is 0.195. The number of rotatable bonds is 13. The van der Waals surface area contributed by atoms with Gasteiger partial charge in [0.05, 0.1) is 12.4 Å². The number of alkyl halides is 1. The Bertz CT molecular complexity index is 1540. The number of halogens is 1. The fourth-order valence-corrected chi connectivity index (χ4v) is 7.06. The number of nitrogens with one attached hydrogen (secondary N) is 1. The summed E-state index contributed by atoms with van der Waals surface area (Å²) >= 11 is 0. The largest absolute Gasteiger partial charge is 0.462 e. The highest BCUT2D eigenvalue weighted by Crippen LogP contribution is 2.50. The zero-order chi connectivity index (χ0) is 31.2. The minimum atomic E-state index is -4.29. The van der Waals surface area contributed by atoms with Crippen LogP contribution in [0.25, 0.3) is 11.2 Å². The zero-order valence-corrected chi connectivity index (χ0v) is 26.2. The highest BCUT2D eigenvalue weighted by molar-refractivity contribution is 7.52. The van der Waals surface area contributed by atoms with Gasteiger partial charge in [0, 0.05) is 24.4 Å². The number of imidazole rings is 1. The van der Waals surface area contributed by atoms with Gasteiger partial charge in [-0.15, -0.1) is 0 Å². The third kappa shape index (κ3) is 6.68. The van der Waals surface area contributed by atoms with Gasteiger partial charge < -0.3 is 24.6 Å². The van der Waals surface area contributed by atoms with Crippen molar-refractivity contribution in [3.8, 4) is 5.75 Å². The second-order valence-electron chi connectivity index (χ2n) is 12.2. The smallest absolute Gasteiger partial charge is 0.459 e. The highest BCUT2D eigenvalue weighted by atomic mass is 31.2. The average molecular weight is 632 g/mol. The predicted molar refractivity (Wildman–Crippen MR) is 160 cm³/mol. The number of nitrogen functional groups attached to an aromatic ring is 1. The van der Waals surface area contributed by atoms with E-state index in [0.717, 1.165) is 25.7 Å². The van der Waals surface area contributed by atoms with Crippen LogP contribution in [0.3, 0.4) is 0 Å². The Balaban J connectivity index is 1.21. The van der Waals surface area contributed by atoms with Gasteiger partial charge in [-0.25, -0.2) is 13.9 Å². The van der Waals surface area contributed by atoms with Crippen molar-refractivity contribution in [2.24, 2.45) is 5.92 Å². The highest BCUT2D eigenvalue weighted by Gasteiger charge is 2.49. The van der Waals surface area contributed by atoms with Crippen LogP contribution in [-0.2, 0) is 23.4 Å². The van der Waals surface area contributed by atoms with Crippen molar-refractivity contribution < 1.29 is 32.3 Å². The lowest BCUT2D eigenvalue weighted by molar-refractivity contribution is -0.173. The van der Waals surface area contributed by atoms with Gasteiger partial charge in [-0.3, -0.25) is 13.9 Å². The number of benzene rings is 1. The number of hydrogen-bond donors (Lipinski definition) is 2. The van der Waals surface area contributed by atoms with Crippen molar-refractivity contribution >= 4 is 36.6 Å². The van der Waals surface area contributed by atoms with E-state index in [2.05, 4.69) is 24.9 Å². The molecule has 0 bridgehead atoms. The molecule has 13 nitrogen and oxygen atoms in total. The third-order valence-electron chi connectivity index (χ3n) is 7.74. The van der Waals surface area contributed by atoms with Gasteiger partial charge in [0.2, 0.25) is 11.8 Å². The molecule has 2 aliphatic carbocycles. The number of nitrogens with zero attached hydrogens (tertiary/aromatic N) is 5. The Morgan fingerprint density at radius 3 is 2.52 bits per heavy atom. The van der Waals surface area contributed by atoms with Gasteiger partial charge in [-0.05, 0) is 58.6 Å². The van der Waals surface area contributed by atoms with Gasteiger partial charge in [0.25, 0.3) is 0 Å². The van der Waals surface area contributed by atoms with Crippen molar-refractivity contribution in [2.45, 2.75) is 96.1 Å². The van der Waals surface area contributed by atoms with E-state index in [1.54, 1.807) is 55.1 Å². The second kappa shape index (κ2) is 11.9. The molecule has 1 aromatic carbocycles. The molecular formula is C29H39FN7O6P. The molecule has 3 N–H and O–H groups in total. The molecule has 0 spiro atoms. The lowest BCUT2D eigenvalue weighted by atomic mass is 10.1. The maximum atomic E-state index is 16.3. The number of nitrogens with two attached hydrogens (primary N) is 1. The Kier molecular flexibility index (Phi) is 8.29. The van der Waals surface area contributed by atoms with Gasteiger partial charge in [-0.2, -0.15) is 15.1 Å². The molecule has 0 radical (unpaired) electrons. The monoisotopic (exact) mass is 631 g/mol. The molecule has 1 saturated heterocycles. The van der Waals surface area contributed by atoms with Crippen LogP contribution >= 0.6 is 7.75 Å². The molecule has 3 aromatic rings. The van der Waals surface area contributed by atoms with Crippen molar-refractivity contribution in [3.63, 3.8) is 0 Å². The molecule has 15 heteroatoms. The summed E-state index contributed by atoms with van der Waals surface area (Å²) in [6, 6.07) is 8.04. The Morgan fingerprint density at radius 2 is 1.89 bits per heavy atom. The Morgan fingerprint density at radius 1 is 1.20 bits per heavy atom. The number of para-hydroxylation sites is 1. The summed E-state index contributed by atoms with van der Waals surface area (Å²) in [5.74, 6) is -2.32. The zero-order valence-electron chi connectivity index (χ0n) is 25.3. The van der Waals surface area contributed by atoms with E-state index in [9.17, 15) is 9.36 Å². The molecule has 6 rings (SSSR count). The summed E-state index contributed by atoms with van der Waals surface area (Å²) < 4.78 is 54.3. The van der Waals surface area contributed by atoms with Gasteiger partial charge in [0.1, 0.15) is 24.6 Å². The molecule has 0 unspecified atom stereocenters. The standard InChI is InChI=1S/C29H39FN7O6P/c1-17(2)41-27(38)19(4)35-44(39,43-22-8-6-5-7-9-22)40-15-29(30)14-18(3)26(42-29)36-16-32-23-24(36)33-28(31)34-25(23)37(20-10-11-20)21-12-13-21/h5-9,16-21,26H,10-15H2,1-4H3,(H,35,39)(H2,31,33,34)/t18-,19-,26+,29-,44-/m0/s1. The minimum Gasteiger partial charge on any atom is -0.462 e. The molecule has 2 saturated carbocycles. The van der Waals surface area contributed by atoms with Crippen LogP contribution in [0.1, 0.15) is 66.0 Å². The maximum absolute atomic E-state index is 16.3. The number of carbonyl (C=O) groups excluding carboxylic acids is 1. The summed E-state index contributed by atoms with van der Waals surface area (Å²) in [5.41, 5.74) is 7.20. The van der Waals surface area contributed by atoms with Gasteiger partial charge >= 0.3 is 13.7 Å². The van der Waals surface area contributed by atoms with Crippen LogP contribution < -0.4 is 20.2 Å². The second-order valence-corrected chi connectivity index (χ2v) is 13.9. The van der Waals surface area contributed by atoms with Gasteiger partial charge in [0.15, 0.2) is 17.0 Å². The molecule has 3 fully saturated rings. The third-order valence-corrected chi connectivity index (χ3v) is 9.36. The Hall–Kier alpha value is -3.32. The molecular weight excluding hydrogens is 592 g/mol. The first-order chi connectivity index (χ1) is 20.9. The summed E-state index contributed by atoms with van der Waals surface area (Å²) in [7, 11) is -4.29. The number of esters is 1. The Labute approximate surface area is 255 Å². The van der Waals surface area contributed by atoms with Crippen molar-refractivity contribution in [2.75, 3.05) is 17.2 Å². The first kappa shape index (κ1) is 30.7. The van der Waals surface area contributed by atoms with E-state index < -0.39 is 38.4 Å². The van der Waals surface area contributed by atoms with Crippen molar-refractivity contribution in [1.29, 1.82) is 0 Å². The molecule has 44 heavy (non-hydrogen) atoms. The number of carbonyl (C=O) groups is 1. The SMILES string of the molecule is CC(C)OC(=O)[C@H](C)N[P@](=O)(OC[C@]1(F)C[C@H](C)[C@H](n2cnc3c(N(C4CC4)C4CC4)nc(N)nc32)O1)Oc1ccccc1. The predicted octanol–water partition coefficient (Wildman–Crippen LogP) is 4.89. The maximum Gasteiger partial charge on any atom is 0.459 e. The van der Waals surface area contributed by atoms with Crippen LogP contribution in [0.2, 0.25) is 0 Å². The van der Waals surface area contributed by atoms with E-state index in [-0.39, 0.29) is 30.1 Å². The number of ether oxygens (including phenoxy) is 2. The van der Waals surface area contributed by atoms with Crippen LogP contribution in [-0.4, -0.2) is 62.2 Å². The van der Waals surface area contributed by atoms with Gasteiger partial charge in [-0.1, -0.05) is 25.1 Å². The van der Waals surface area contributed by atoms with Crippen LogP contribution in [0.4, 0.5) is 16.2 Å². The fraction of sp³-hybridized carbons (Fsp3) is 0.586. The summed E-state index contributed by atoms with van der Waals surface area (Å²) in [6.07, 6.45) is 4.70. The molecule has 2 aromatic heterocycles. The molecule has 3 aliphatic rings. The van der Waals surface area contributed by atoms with E-state index in [4.69, 9.17) is 24.3 Å². The van der Waals surface area contributed by atoms with Crippen molar-refractivity contribution in [3.05, 3.63) is 36.7 Å². The summed E-state index contributed by atoms with van der Waals surface area (Å²) in [5, 5.41) is 2.58.